The molecule has 0 bridgehead atoms. The first kappa shape index (κ1) is 11.9. The van der Waals surface area contributed by atoms with Gasteiger partial charge in [-0.2, -0.15) is 0 Å². The first-order valence-corrected chi connectivity index (χ1v) is 4.77. The average Bonchev–Trinajstić information content (AvgIpc) is 2.25. The van der Waals surface area contributed by atoms with Gasteiger partial charge in [-0.05, 0) is 6.42 Å². The van der Waals surface area contributed by atoms with Crippen LogP contribution >= 0.6 is 11.6 Å². The minimum atomic E-state index is -0.561. The van der Waals surface area contributed by atoms with Gasteiger partial charge in [0, 0.05) is 19.2 Å². The van der Waals surface area contributed by atoms with E-state index < -0.39 is 5.97 Å². The number of nitrogens with zero attached hydrogens (tertiary/aromatic N) is 2. The van der Waals surface area contributed by atoms with Crippen molar-refractivity contribution >= 4 is 17.6 Å². The topological polar surface area (TPSA) is 72.3 Å². The van der Waals surface area contributed by atoms with Crippen LogP contribution < -0.4 is 0 Å². The summed E-state index contributed by atoms with van der Waals surface area (Å²) in [5, 5.41) is 8.69. The number of aliphatic hydroxyl groups is 1. The predicted molar refractivity (Wildman–Crippen MR) is 53.8 cm³/mol. The lowest BCUT2D eigenvalue weighted by Crippen LogP contribution is -2.06. The molecule has 0 unspecified atom stereocenters. The van der Waals surface area contributed by atoms with Crippen LogP contribution in [0.5, 0.6) is 0 Å². The van der Waals surface area contributed by atoms with Gasteiger partial charge in [-0.3, -0.25) is 0 Å². The number of rotatable bonds is 4. The molecule has 0 aromatic carbocycles. The molecule has 0 saturated heterocycles. The van der Waals surface area contributed by atoms with Crippen molar-refractivity contribution in [1.29, 1.82) is 0 Å². The van der Waals surface area contributed by atoms with E-state index in [9.17, 15) is 4.79 Å². The number of aryl methyl sites for hydroxylation is 1. The van der Waals surface area contributed by atoms with Crippen molar-refractivity contribution in [1.82, 2.24) is 9.97 Å². The molecule has 0 aliphatic heterocycles. The highest BCUT2D eigenvalue weighted by molar-refractivity contribution is 6.32. The predicted octanol–water partition coefficient (Wildman–Crippen LogP) is 0.841. The Morgan fingerprint density at radius 1 is 1.67 bits per heavy atom. The number of aromatic nitrogens is 2. The third-order valence-electron chi connectivity index (χ3n) is 1.76. The van der Waals surface area contributed by atoms with Crippen LogP contribution in [0.25, 0.3) is 0 Å². The third-order valence-corrected chi connectivity index (χ3v) is 2.04. The van der Waals surface area contributed by atoms with Crippen LogP contribution in [-0.4, -0.2) is 34.8 Å². The minimum Gasteiger partial charge on any atom is -0.465 e. The van der Waals surface area contributed by atoms with Gasteiger partial charge >= 0.3 is 5.97 Å². The molecule has 1 rings (SSSR count). The molecule has 1 aromatic rings. The number of methoxy groups -OCH3 is 1. The summed E-state index contributed by atoms with van der Waals surface area (Å²) in [6, 6.07) is 0. The summed E-state index contributed by atoms with van der Waals surface area (Å²) < 4.78 is 4.49. The fraction of sp³-hybridized carbons (Fsp3) is 0.444. The lowest BCUT2D eigenvalue weighted by Gasteiger charge is -2.03. The Morgan fingerprint density at radius 3 is 2.93 bits per heavy atom. The normalized spacial score (nSPS) is 10.1. The molecule has 0 atom stereocenters. The first-order valence-electron chi connectivity index (χ1n) is 4.39. The highest BCUT2D eigenvalue weighted by Gasteiger charge is 2.12. The molecule has 0 radical (unpaired) electrons. The van der Waals surface area contributed by atoms with Crippen molar-refractivity contribution in [3.8, 4) is 0 Å². The Hall–Kier alpha value is -1.20. The summed E-state index contributed by atoms with van der Waals surface area (Å²) in [6.07, 6.45) is 2.42. The smallest absolute Gasteiger partial charge is 0.342 e. The highest BCUT2D eigenvalue weighted by Crippen LogP contribution is 2.13. The molecule has 5 nitrogen and oxygen atoms in total. The van der Waals surface area contributed by atoms with E-state index in [4.69, 9.17) is 16.7 Å². The fourth-order valence-corrected chi connectivity index (χ4v) is 1.22. The number of halogens is 1. The van der Waals surface area contributed by atoms with E-state index in [2.05, 4.69) is 14.7 Å². The molecular weight excluding hydrogens is 220 g/mol. The number of aliphatic hydroxyl groups excluding tert-OH is 1. The number of hydrogen-bond donors (Lipinski definition) is 1. The van der Waals surface area contributed by atoms with Gasteiger partial charge in [0.25, 0.3) is 0 Å². The molecule has 0 fully saturated rings. The molecule has 0 spiro atoms. The summed E-state index contributed by atoms with van der Waals surface area (Å²) in [4.78, 5) is 19.0. The zero-order valence-electron chi connectivity index (χ0n) is 8.23. The number of carbonyl (C=O) groups excluding carboxylic acids is 1. The Labute approximate surface area is 92.1 Å². The lowest BCUT2D eigenvalue weighted by molar-refractivity contribution is 0.0600. The van der Waals surface area contributed by atoms with Gasteiger partial charge in [-0.25, -0.2) is 14.8 Å². The van der Waals surface area contributed by atoms with Crippen LogP contribution in [0.1, 0.15) is 22.6 Å². The third kappa shape index (κ3) is 3.14. The van der Waals surface area contributed by atoms with Gasteiger partial charge in [0.05, 0.1) is 7.11 Å². The zero-order valence-corrected chi connectivity index (χ0v) is 8.99. The molecule has 0 aliphatic carbocycles. The van der Waals surface area contributed by atoms with E-state index in [-0.39, 0.29) is 17.3 Å². The molecule has 1 N–H and O–H groups in total. The van der Waals surface area contributed by atoms with Gasteiger partial charge < -0.3 is 9.84 Å². The lowest BCUT2D eigenvalue weighted by atomic mass is 10.3. The van der Waals surface area contributed by atoms with E-state index >= 15 is 0 Å². The summed E-state index contributed by atoms with van der Waals surface area (Å²) >= 11 is 5.77. The van der Waals surface area contributed by atoms with Crippen molar-refractivity contribution in [2.75, 3.05) is 13.7 Å². The second-order valence-corrected chi connectivity index (χ2v) is 3.17. The van der Waals surface area contributed by atoms with Crippen molar-refractivity contribution < 1.29 is 14.6 Å². The Bertz CT molecular complexity index is 357. The monoisotopic (exact) mass is 230 g/mol. The molecular formula is C9H11ClN2O3. The molecule has 82 valence electrons. The van der Waals surface area contributed by atoms with Gasteiger partial charge in [0.1, 0.15) is 16.5 Å². The summed E-state index contributed by atoms with van der Waals surface area (Å²) in [7, 11) is 1.26. The highest BCUT2D eigenvalue weighted by atomic mass is 35.5. The van der Waals surface area contributed by atoms with Crippen LogP contribution in [0.15, 0.2) is 6.20 Å². The molecule has 15 heavy (non-hydrogen) atoms. The SMILES string of the molecule is COC(=O)c1cnc(CCCO)nc1Cl. The van der Waals surface area contributed by atoms with Gasteiger partial charge in [0.2, 0.25) is 0 Å². The molecule has 0 aliphatic rings. The van der Waals surface area contributed by atoms with Crippen LogP contribution in [0.2, 0.25) is 5.15 Å². The van der Waals surface area contributed by atoms with Crippen molar-refractivity contribution in [3.05, 3.63) is 22.7 Å². The van der Waals surface area contributed by atoms with E-state index in [1.807, 2.05) is 0 Å². The maximum Gasteiger partial charge on any atom is 0.342 e. The Morgan fingerprint density at radius 2 is 2.40 bits per heavy atom. The quantitative estimate of drug-likeness (QED) is 0.613. The Balaban J connectivity index is 2.83. The standard InChI is InChI=1S/C9H11ClN2O3/c1-15-9(14)6-5-11-7(3-2-4-13)12-8(6)10/h5,13H,2-4H2,1H3. The van der Waals surface area contributed by atoms with Gasteiger partial charge in [-0.1, -0.05) is 11.6 Å². The molecule has 0 saturated carbocycles. The number of ether oxygens (including phenoxy) is 1. The molecule has 1 aromatic heterocycles. The molecule has 6 heteroatoms. The summed E-state index contributed by atoms with van der Waals surface area (Å²) in [6.45, 7) is 0.0692. The van der Waals surface area contributed by atoms with Gasteiger partial charge in [0.15, 0.2) is 0 Å². The molecule has 0 amide bonds. The largest absolute Gasteiger partial charge is 0.465 e. The van der Waals surface area contributed by atoms with Crippen LogP contribution in [0.3, 0.4) is 0 Å². The van der Waals surface area contributed by atoms with Crippen molar-refractivity contribution in [2.24, 2.45) is 0 Å². The molecule has 1 heterocycles. The summed E-state index contributed by atoms with van der Waals surface area (Å²) in [5.41, 5.74) is 0.145. The fourth-order valence-electron chi connectivity index (χ4n) is 0.999. The number of carbonyl (C=O) groups is 1. The average molecular weight is 231 g/mol. The van der Waals surface area contributed by atoms with Gasteiger partial charge in [-0.15, -0.1) is 0 Å². The first-order chi connectivity index (χ1) is 7.19. The van der Waals surface area contributed by atoms with E-state index in [0.717, 1.165) is 0 Å². The number of esters is 1. The Kier molecular flexibility index (Phi) is 4.45. The maximum absolute atomic E-state index is 11.1. The van der Waals surface area contributed by atoms with E-state index in [1.54, 1.807) is 0 Å². The van der Waals surface area contributed by atoms with Crippen molar-refractivity contribution in [2.45, 2.75) is 12.8 Å². The zero-order chi connectivity index (χ0) is 11.3. The van der Waals surface area contributed by atoms with Crippen molar-refractivity contribution in [3.63, 3.8) is 0 Å². The van der Waals surface area contributed by atoms with Crippen LogP contribution in [0.4, 0.5) is 0 Å². The van der Waals surface area contributed by atoms with E-state index in [1.165, 1.54) is 13.3 Å². The second kappa shape index (κ2) is 5.63. The number of hydrogen-bond acceptors (Lipinski definition) is 5. The minimum absolute atomic E-state index is 0.0692. The van der Waals surface area contributed by atoms with Crippen LogP contribution in [0, 0.1) is 0 Å². The summed E-state index contributed by atoms with van der Waals surface area (Å²) in [5.74, 6) is -0.0598. The van der Waals surface area contributed by atoms with Crippen LogP contribution in [-0.2, 0) is 11.2 Å². The maximum atomic E-state index is 11.1. The van der Waals surface area contributed by atoms with E-state index in [0.29, 0.717) is 18.7 Å². The second-order valence-electron chi connectivity index (χ2n) is 2.81.